The molecule has 0 saturated carbocycles. The van der Waals surface area contributed by atoms with Crippen LogP contribution in [0.4, 0.5) is 21.6 Å². The van der Waals surface area contributed by atoms with Crippen LogP contribution in [0.1, 0.15) is 0 Å². The Kier molecular flexibility index (Phi) is 3.52. The molecule has 1 aromatic carbocycles. The maximum absolute atomic E-state index is 5.58. The van der Waals surface area contributed by atoms with E-state index in [0.29, 0.717) is 10.3 Å². The number of nitrogens with two attached hydrogens (primary N) is 1. The standard InChI is InChI=1S/C11H15N6S/c1-16(2)9-6-4-8(5-7-9)13-14-11-17(3)15-10(12)18-11/h4-7H,1-3H3,(H2,12,15)/q+1. The van der Waals surface area contributed by atoms with Gasteiger partial charge < -0.3 is 10.6 Å². The molecule has 7 heteroatoms. The van der Waals surface area contributed by atoms with Crippen LogP contribution in [-0.4, -0.2) is 19.2 Å². The van der Waals surface area contributed by atoms with Crippen molar-refractivity contribution >= 4 is 33.0 Å². The van der Waals surface area contributed by atoms with Crippen LogP contribution in [0.3, 0.4) is 0 Å². The summed E-state index contributed by atoms with van der Waals surface area (Å²) in [7, 11) is 5.78. The predicted molar refractivity (Wildman–Crippen MR) is 72.6 cm³/mol. The molecule has 0 bridgehead atoms. The first-order chi connectivity index (χ1) is 8.56. The molecule has 0 unspecified atom stereocenters. The quantitative estimate of drug-likeness (QED) is 0.680. The van der Waals surface area contributed by atoms with Crippen LogP contribution in [-0.2, 0) is 7.05 Å². The third kappa shape index (κ3) is 2.80. The number of azo groups is 1. The molecule has 18 heavy (non-hydrogen) atoms. The van der Waals surface area contributed by atoms with Gasteiger partial charge in [-0.15, -0.1) is 4.68 Å². The Balaban J connectivity index is 2.16. The van der Waals surface area contributed by atoms with Gasteiger partial charge in [0.2, 0.25) is 5.13 Å². The lowest BCUT2D eigenvalue weighted by Gasteiger charge is -2.11. The number of nitrogen functional groups attached to an aromatic ring is 1. The summed E-state index contributed by atoms with van der Waals surface area (Å²) in [4.78, 5) is 2.03. The summed E-state index contributed by atoms with van der Waals surface area (Å²) >= 11 is 1.30. The molecule has 2 N–H and O–H groups in total. The molecular formula is C11H15N6S+. The number of hydrogen-bond donors (Lipinski definition) is 1. The molecule has 0 amide bonds. The minimum Gasteiger partial charge on any atom is -0.378 e. The lowest BCUT2D eigenvalue weighted by molar-refractivity contribution is -0.712. The second-order valence-electron chi connectivity index (χ2n) is 3.96. The highest BCUT2D eigenvalue weighted by atomic mass is 32.1. The van der Waals surface area contributed by atoms with Crippen molar-refractivity contribution in [3.05, 3.63) is 24.3 Å². The van der Waals surface area contributed by atoms with Crippen LogP contribution in [0.15, 0.2) is 34.5 Å². The maximum atomic E-state index is 5.58. The fourth-order valence-electron chi connectivity index (χ4n) is 1.37. The third-order valence-corrected chi connectivity index (χ3v) is 3.16. The van der Waals surface area contributed by atoms with E-state index in [0.717, 1.165) is 11.4 Å². The normalized spacial score (nSPS) is 11.1. The van der Waals surface area contributed by atoms with Gasteiger partial charge in [-0.3, -0.25) is 0 Å². The second-order valence-corrected chi connectivity index (χ2v) is 4.94. The number of nitrogens with zero attached hydrogens (tertiary/aromatic N) is 5. The Morgan fingerprint density at radius 1 is 1.22 bits per heavy atom. The Labute approximate surface area is 109 Å². The first-order valence-electron chi connectivity index (χ1n) is 5.38. The van der Waals surface area contributed by atoms with Crippen molar-refractivity contribution < 1.29 is 4.68 Å². The molecule has 2 aromatic rings. The van der Waals surface area contributed by atoms with E-state index in [4.69, 9.17) is 5.73 Å². The lowest BCUT2D eigenvalue weighted by Crippen LogP contribution is -2.29. The highest BCUT2D eigenvalue weighted by molar-refractivity contribution is 7.18. The van der Waals surface area contributed by atoms with Gasteiger partial charge in [-0.2, -0.15) is 0 Å². The van der Waals surface area contributed by atoms with Gasteiger partial charge in [0.1, 0.15) is 12.7 Å². The van der Waals surface area contributed by atoms with Crippen molar-refractivity contribution in [2.75, 3.05) is 24.7 Å². The molecule has 1 aromatic heterocycles. The van der Waals surface area contributed by atoms with Gasteiger partial charge in [0.15, 0.2) is 0 Å². The van der Waals surface area contributed by atoms with Gasteiger partial charge in [-0.1, -0.05) is 5.10 Å². The van der Waals surface area contributed by atoms with Crippen molar-refractivity contribution in [2.24, 2.45) is 17.3 Å². The smallest absolute Gasteiger partial charge is 0.378 e. The van der Waals surface area contributed by atoms with Gasteiger partial charge >= 0.3 is 5.13 Å². The largest absolute Gasteiger partial charge is 0.431 e. The topological polar surface area (TPSA) is 70.8 Å². The van der Waals surface area contributed by atoms with Crippen LogP contribution in [0, 0.1) is 0 Å². The molecule has 0 saturated heterocycles. The summed E-state index contributed by atoms with van der Waals surface area (Å²) in [6.07, 6.45) is 0. The SMILES string of the molecule is CN(C)c1ccc(N=Nc2sc(N)n[n+]2C)cc1. The molecule has 0 aliphatic carbocycles. The van der Waals surface area contributed by atoms with E-state index in [1.165, 1.54) is 11.3 Å². The van der Waals surface area contributed by atoms with Gasteiger partial charge in [-0.05, 0) is 40.7 Å². The van der Waals surface area contributed by atoms with Crippen LogP contribution in [0.5, 0.6) is 0 Å². The number of rotatable bonds is 3. The number of aryl methyl sites for hydroxylation is 1. The van der Waals surface area contributed by atoms with Crippen LogP contribution >= 0.6 is 11.3 Å². The third-order valence-electron chi connectivity index (χ3n) is 2.34. The summed E-state index contributed by atoms with van der Waals surface area (Å²) in [5.74, 6) is 0. The zero-order chi connectivity index (χ0) is 13.1. The van der Waals surface area contributed by atoms with Gasteiger partial charge in [-0.25, -0.2) is 0 Å². The number of benzene rings is 1. The second kappa shape index (κ2) is 5.09. The average molecular weight is 263 g/mol. The minimum atomic E-state index is 0.481. The van der Waals surface area contributed by atoms with Crippen molar-refractivity contribution in [1.29, 1.82) is 0 Å². The molecule has 0 aliphatic rings. The van der Waals surface area contributed by atoms with Gasteiger partial charge in [0.05, 0.1) is 5.11 Å². The first kappa shape index (κ1) is 12.4. The zero-order valence-corrected chi connectivity index (χ0v) is 11.3. The van der Waals surface area contributed by atoms with Gasteiger partial charge in [0, 0.05) is 19.8 Å². The Morgan fingerprint density at radius 2 is 1.89 bits per heavy atom. The summed E-state index contributed by atoms with van der Waals surface area (Å²) in [5.41, 5.74) is 7.51. The molecule has 0 fully saturated rings. The summed E-state index contributed by atoms with van der Waals surface area (Å²) in [6, 6.07) is 7.83. The van der Waals surface area contributed by atoms with E-state index in [9.17, 15) is 0 Å². The molecule has 6 nitrogen and oxygen atoms in total. The Bertz CT molecular complexity index is 557. The molecular weight excluding hydrogens is 248 g/mol. The summed E-state index contributed by atoms with van der Waals surface area (Å²) in [6.45, 7) is 0. The molecule has 2 rings (SSSR count). The van der Waals surface area contributed by atoms with E-state index in [1.54, 1.807) is 11.7 Å². The summed E-state index contributed by atoms with van der Waals surface area (Å²) in [5, 5.41) is 13.4. The van der Waals surface area contributed by atoms with E-state index < -0.39 is 0 Å². The van der Waals surface area contributed by atoms with Crippen LogP contribution in [0.2, 0.25) is 0 Å². The van der Waals surface area contributed by atoms with Crippen LogP contribution < -0.4 is 15.3 Å². The lowest BCUT2D eigenvalue weighted by atomic mass is 10.3. The Hall–Kier alpha value is -2.02. The van der Waals surface area contributed by atoms with Crippen molar-refractivity contribution in [1.82, 2.24) is 5.10 Å². The maximum Gasteiger partial charge on any atom is 0.431 e. The predicted octanol–water partition coefficient (Wildman–Crippen LogP) is 2.03. The minimum absolute atomic E-state index is 0.481. The fourth-order valence-corrected chi connectivity index (χ4v) is 1.98. The van der Waals surface area contributed by atoms with Crippen LogP contribution in [0.25, 0.3) is 0 Å². The van der Waals surface area contributed by atoms with Crippen molar-refractivity contribution in [3.63, 3.8) is 0 Å². The van der Waals surface area contributed by atoms with E-state index >= 15 is 0 Å². The van der Waals surface area contributed by atoms with E-state index in [-0.39, 0.29) is 0 Å². The number of hydrogen-bond acceptors (Lipinski definition) is 6. The number of anilines is 2. The summed E-state index contributed by atoms with van der Waals surface area (Å²) < 4.78 is 1.61. The van der Waals surface area contributed by atoms with Crippen molar-refractivity contribution in [3.8, 4) is 0 Å². The van der Waals surface area contributed by atoms with Gasteiger partial charge in [0.25, 0.3) is 0 Å². The molecule has 0 atom stereocenters. The number of aromatic nitrogens is 2. The Morgan fingerprint density at radius 3 is 2.39 bits per heavy atom. The highest BCUT2D eigenvalue weighted by Crippen LogP contribution is 2.23. The molecule has 0 aliphatic heterocycles. The van der Waals surface area contributed by atoms with E-state index in [2.05, 4.69) is 15.3 Å². The van der Waals surface area contributed by atoms with Crippen molar-refractivity contribution in [2.45, 2.75) is 0 Å². The molecule has 1 heterocycles. The highest BCUT2D eigenvalue weighted by Gasteiger charge is 2.13. The zero-order valence-electron chi connectivity index (χ0n) is 10.5. The molecule has 0 spiro atoms. The van der Waals surface area contributed by atoms with E-state index in [1.807, 2.05) is 43.3 Å². The first-order valence-corrected chi connectivity index (χ1v) is 6.19. The monoisotopic (exact) mass is 263 g/mol. The fraction of sp³-hybridized carbons (Fsp3) is 0.273. The molecule has 0 radical (unpaired) electrons. The molecule has 94 valence electrons. The average Bonchev–Trinajstić information content (AvgIpc) is 2.66.